The topological polar surface area (TPSA) is 66.2 Å². The van der Waals surface area contributed by atoms with Crippen molar-refractivity contribution in [3.05, 3.63) is 70.7 Å². The third-order valence-corrected chi connectivity index (χ3v) is 8.22. The van der Waals surface area contributed by atoms with Crippen molar-refractivity contribution >= 4 is 21.9 Å². The van der Waals surface area contributed by atoms with Crippen LogP contribution in [-0.4, -0.2) is 24.0 Å². The number of rotatable bonds is 6. The maximum Gasteiger partial charge on any atom is 0.147 e. The molecule has 0 saturated carbocycles. The van der Waals surface area contributed by atoms with Crippen LogP contribution >= 0.6 is 21.9 Å². The van der Waals surface area contributed by atoms with Gasteiger partial charge in [0.15, 0.2) is 0 Å². The third kappa shape index (κ3) is 5.17. The average Bonchev–Trinajstić information content (AvgIpc) is 3.10. The van der Waals surface area contributed by atoms with E-state index >= 15 is 0 Å². The summed E-state index contributed by atoms with van der Waals surface area (Å²) < 4.78 is 20.2. The fourth-order valence-electron chi connectivity index (χ4n) is 2.55. The monoisotopic (exact) mass is 402 g/mol. The molecule has 6 heteroatoms. The molecule has 0 radical (unpaired) electrons. The molecule has 2 aromatic carbocycles. The van der Waals surface area contributed by atoms with Crippen LogP contribution in [0.15, 0.2) is 54.6 Å². The van der Waals surface area contributed by atoms with Crippen LogP contribution in [0.3, 0.4) is 0 Å². The normalized spacial score (nSPS) is 12.9. The van der Waals surface area contributed by atoms with E-state index in [1.54, 1.807) is 11.3 Å². The second kappa shape index (κ2) is 8.10. The van der Waals surface area contributed by atoms with Crippen LogP contribution in [0, 0.1) is 0 Å². The number of aromatic nitrogens is 2. The van der Waals surface area contributed by atoms with E-state index in [1.165, 1.54) is 5.56 Å². The predicted molar refractivity (Wildman–Crippen MR) is 116 cm³/mol. The van der Waals surface area contributed by atoms with Crippen LogP contribution in [0.4, 0.5) is 0 Å². The van der Waals surface area contributed by atoms with E-state index in [-0.39, 0.29) is 0 Å². The molecule has 1 aromatic heterocycles. The van der Waals surface area contributed by atoms with Crippen LogP contribution in [0.25, 0.3) is 10.6 Å². The first kappa shape index (κ1) is 20.0. The van der Waals surface area contributed by atoms with E-state index in [0.29, 0.717) is 5.75 Å². The molecule has 1 heterocycles. The van der Waals surface area contributed by atoms with Gasteiger partial charge in [0.2, 0.25) is 0 Å². The molecule has 2 N–H and O–H groups in total. The van der Waals surface area contributed by atoms with Gasteiger partial charge in [-0.05, 0) is 38.3 Å². The number of aryl methyl sites for hydroxylation is 2. The van der Waals surface area contributed by atoms with Crippen LogP contribution in [0.5, 0.6) is 0 Å². The van der Waals surface area contributed by atoms with Crippen molar-refractivity contribution in [2.24, 2.45) is 0 Å². The van der Waals surface area contributed by atoms with E-state index in [4.69, 9.17) is 0 Å². The van der Waals surface area contributed by atoms with Crippen LogP contribution in [0.2, 0.25) is 0 Å². The highest BCUT2D eigenvalue weighted by Gasteiger charge is 2.29. The van der Waals surface area contributed by atoms with Gasteiger partial charge in [-0.15, -0.1) is 10.2 Å². The minimum atomic E-state index is -2.66. The van der Waals surface area contributed by atoms with Gasteiger partial charge in [-0.2, -0.15) is 10.6 Å². The Kier molecular flexibility index (Phi) is 6.01. The Morgan fingerprint density at radius 1 is 0.852 bits per heavy atom. The van der Waals surface area contributed by atoms with E-state index in [2.05, 4.69) is 22.3 Å². The first-order chi connectivity index (χ1) is 12.7. The molecule has 0 spiro atoms. The summed E-state index contributed by atoms with van der Waals surface area (Å²) in [6.07, 6.45) is 1.74. The number of nitrogens with zero attached hydrogens (tertiary/aromatic N) is 2. The summed E-state index contributed by atoms with van der Waals surface area (Å²) >= 11 is 1.63. The van der Waals surface area contributed by atoms with Gasteiger partial charge >= 0.3 is 0 Å². The van der Waals surface area contributed by atoms with Crippen LogP contribution in [0.1, 0.15) is 36.9 Å². The van der Waals surface area contributed by atoms with Gasteiger partial charge in [-0.1, -0.05) is 65.9 Å². The summed E-state index contributed by atoms with van der Waals surface area (Å²) in [4.78, 5) is 0. The van der Waals surface area contributed by atoms with Crippen molar-refractivity contribution in [2.45, 2.75) is 44.1 Å². The minimum Gasteiger partial charge on any atom is -0.299 e. The molecule has 0 unspecified atom stereocenters. The van der Waals surface area contributed by atoms with Crippen molar-refractivity contribution in [2.75, 3.05) is 0 Å². The molecule has 144 valence electrons. The van der Waals surface area contributed by atoms with Gasteiger partial charge in [-0.25, -0.2) is 0 Å². The van der Waals surface area contributed by atoms with E-state index in [9.17, 15) is 9.11 Å². The van der Waals surface area contributed by atoms with Crippen molar-refractivity contribution in [3.63, 3.8) is 0 Å². The summed E-state index contributed by atoms with van der Waals surface area (Å²) in [6, 6.07) is 18.2. The van der Waals surface area contributed by atoms with Gasteiger partial charge in [0.05, 0.1) is 10.5 Å². The summed E-state index contributed by atoms with van der Waals surface area (Å²) in [7, 11) is -2.66. The molecule has 0 saturated heterocycles. The Balaban J connectivity index is 1.59. The van der Waals surface area contributed by atoms with E-state index in [0.717, 1.165) is 34.0 Å². The van der Waals surface area contributed by atoms with E-state index in [1.807, 2.05) is 63.2 Å². The standard InChI is InChI=1S/C21H26N2O2S2/c1-21(2,3)27(24,25)15-17-11-9-16(10-12-17)13-14-19-22-23-20(26-19)18-7-5-4-6-8-18/h4-12,24-25H,13-15H2,1-3H3. The van der Waals surface area contributed by atoms with Crippen LogP contribution in [-0.2, 0) is 18.6 Å². The third-order valence-electron chi connectivity index (χ3n) is 4.49. The molecule has 0 bridgehead atoms. The highest BCUT2D eigenvalue weighted by atomic mass is 32.3. The maximum absolute atomic E-state index is 10.3. The molecule has 0 atom stereocenters. The number of hydrogen-bond acceptors (Lipinski definition) is 5. The van der Waals surface area contributed by atoms with Crippen molar-refractivity contribution in [1.82, 2.24) is 10.2 Å². The van der Waals surface area contributed by atoms with Gasteiger partial charge in [-0.3, -0.25) is 9.11 Å². The lowest BCUT2D eigenvalue weighted by molar-refractivity contribution is 0.449. The predicted octanol–water partition coefficient (Wildman–Crippen LogP) is 6.04. The summed E-state index contributed by atoms with van der Waals surface area (Å²) in [5.74, 6) is 0.299. The molecule has 0 aliphatic heterocycles. The van der Waals surface area contributed by atoms with Gasteiger partial charge in [0.25, 0.3) is 0 Å². The molecule has 0 aliphatic carbocycles. The van der Waals surface area contributed by atoms with Gasteiger partial charge in [0.1, 0.15) is 10.0 Å². The second-order valence-electron chi connectivity index (χ2n) is 7.61. The quantitative estimate of drug-likeness (QED) is 0.527. The fourth-order valence-corrected chi connectivity index (χ4v) is 4.49. The number of hydrogen-bond donors (Lipinski definition) is 2. The molecule has 4 nitrogen and oxygen atoms in total. The Morgan fingerprint density at radius 3 is 2.11 bits per heavy atom. The molecule has 3 rings (SSSR count). The minimum absolute atomic E-state index is 0.299. The number of benzene rings is 2. The lowest BCUT2D eigenvalue weighted by atomic mass is 10.1. The lowest BCUT2D eigenvalue weighted by Gasteiger charge is -2.44. The molecule has 27 heavy (non-hydrogen) atoms. The van der Waals surface area contributed by atoms with Crippen LogP contribution < -0.4 is 0 Å². The smallest absolute Gasteiger partial charge is 0.147 e. The summed E-state index contributed by atoms with van der Waals surface area (Å²) in [5, 5.41) is 10.6. The first-order valence-electron chi connectivity index (χ1n) is 8.96. The second-order valence-corrected chi connectivity index (χ2v) is 11.5. The molecule has 0 aliphatic rings. The Morgan fingerprint density at radius 2 is 1.48 bits per heavy atom. The van der Waals surface area contributed by atoms with Crippen molar-refractivity contribution in [1.29, 1.82) is 0 Å². The Bertz CT molecular complexity index is 869. The maximum atomic E-state index is 10.3. The summed E-state index contributed by atoms with van der Waals surface area (Å²) in [5.41, 5.74) is 3.27. The Hall–Kier alpha value is -1.73. The van der Waals surface area contributed by atoms with Crippen molar-refractivity contribution < 1.29 is 9.11 Å². The zero-order chi connectivity index (χ0) is 19.5. The van der Waals surface area contributed by atoms with Gasteiger partial charge < -0.3 is 0 Å². The van der Waals surface area contributed by atoms with Crippen molar-refractivity contribution in [3.8, 4) is 10.6 Å². The molecule has 0 fully saturated rings. The largest absolute Gasteiger partial charge is 0.299 e. The zero-order valence-electron chi connectivity index (χ0n) is 15.9. The van der Waals surface area contributed by atoms with Gasteiger partial charge in [0, 0.05) is 12.0 Å². The summed E-state index contributed by atoms with van der Waals surface area (Å²) in [6.45, 7) is 5.59. The molecular weight excluding hydrogens is 376 g/mol. The SMILES string of the molecule is CC(C)(C)S(O)(O)Cc1ccc(CCc2nnc(-c3ccccc3)s2)cc1. The molecule has 3 aromatic rings. The average molecular weight is 403 g/mol. The molecule has 0 amide bonds. The van der Waals surface area contributed by atoms with E-state index < -0.39 is 15.3 Å². The lowest BCUT2D eigenvalue weighted by Crippen LogP contribution is -2.25. The zero-order valence-corrected chi connectivity index (χ0v) is 17.6. The molecular formula is C21H26N2O2S2. The highest BCUT2D eigenvalue weighted by Crippen LogP contribution is 2.54. The highest BCUT2D eigenvalue weighted by molar-refractivity contribution is 8.24. The first-order valence-corrected chi connectivity index (χ1v) is 11.5. The fraction of sp³-hybridized carbons (Fsp3) is 0.333. The Labute approximate surface area is 166 Å².